The molecule has 0 saturated carbocycles. The number of hydrogen-bond acceptors (Lipinski definition) is 6. The quantitative estimate of drug-likeness (QED) is 0.504. The van der Waals surface area contributed by atoms with Gasteiger partial charge in [-0.3, -0.25) is 4.79 Å². The van der Waals surface area contributed by atoms with Crippen molar-refractivity contribution in [3.8, 4) is 22.6 Å². The SMILES string of the molecule is COc1ccc(-c2coc3c4c(ccc3c2=O)OCN(c2ccc(C)cn2)C4)cc1. The van der Waals surface area contributed by atoms with Crippen LogP contribution in [-0.2, 0) is 6.54 Å². The highest BCUT2D eigenvalue weighted by molar-refractivity contribution is 5.86. The van der Waals surface area contributed by atoms with E-state index in [1.54, 1.807) is 13.2 Å². The van der Waals surface area contributed by atoms with E-state index in [0.717, 1.165) is 34.0 Å². The second kappa shape index (κ2) is 7.22. The molecule has 0 N–H and O–H groups in total. The van der Waals surface area contributed by atoms with Crippen LogP contribution >= 0.6 is 0 Å². The molecule has 1 aliphatic rings. The summed E-state index contributed by atoms with van der Waals surface area (Å²) in [6, 6.07) is 14.9. The predicted molar refractivity (Wildman–Crippen MR) is 115 cm³/mol. The van der Waals surface area contributed by atoms with Crippen LogP contribution in [-0.4, -0.2) is 18.8 Å². The van der Waals surface area contributed by atoms with E-state index < -0.39 is 0 Å². The highest BCUT2D eigenvalue weighted by Gasteiger charge is 2.23. The number of rotatable bonds is 3. The molecule has 4 aromatic rings. The summed E-state index contributed by atoms with van der Waals surface area (Å²) in [6.45, 7) is 2.94. The van der Waals surface area contributed by atoms with Gasteiger partial charge < -0.3 is 18.8 Å². The molecule has 0 atom stereocenters. The number of benzene rings is 2. The third-order valence-electron chi connectivity index (χ3n) is 5.35. The Morgan fingerprint density at radius 2 is 1.90 bits per heavy atom. The van der Waals surface area contributed by atoms with Crippen LogP contribution in [0, 0.1) is 6.92 Å². The molecule has 0 fully saturated rings. The Morgan fingerprint density at radius 1 is 1.07 bits per heavy atom. The molecule has 0 saturated heterocycles. The summed E-state index contributed by atoms with van der Waals surface area (Å²) in [4.78, 5) is 19.7. The number of pyridine rings is 1. The topological polar surface area (TPSA) is 64.8 Å². The molecule has 150 valence electrons. The van der Waals surface area contributed by atoms with E-state index in [2.05, 4.69) is 4.98 Å². The van der Waals surface area contributed by atoms with Gasteiger partial charge in [-0.1, -0.05) is 18.2 Å². The van der Waals surface area contributed by atoms with Crippen LogP contribution in [0.3, 0.4) is 0 Å². The minimum absolute atomic E-state index is 0.0743. The van der Waals surface area contributed by atoms with E-state index in [0.29, 0.717) is 29.8 Å². The number of aryl methyl sites for hydroxylation is 1. The van der Waals surface area contributed by atoms with Crippen LogP contribution < -0.4 is 19.8 Å². The lowest BCUT2D eigenvalue weighted by atomic mass is 10.0. The lowest BCUT2D eigenvalue weighted by Crippen LogP contribution is -2.32. The Labute approximate surface area is 173 Å². The smallest absolute Gasteiger partial charge is 0.200 e. The summed E-state index contributed by atoms with van der Waals surface area (Å²) >= 11 is 0. The van der Waals surface area contributed by atoms with Gasteiger partial charge in [0, 0.05) is 6.20 Å². The van der Waals surface area contributed by atoms with Gasteiger partial charge in [0.1, 0.15) is 29.2 Å². The van der Waals surface area contributed by atoms with Crippen molar-refractivity contribution in [2.24, 2.45) is 0 Å². The molecule has 2 aromatic heterocycles. The lowest BCUT2D eigenvalue weighted by Gasteiger charge is -2.30. The van der Waals surface area contributed by atoms with Crippen LogP contribution in [0.15, 0.2) is 70.2 Å². The number of hydrogen-bond donors (Lipinski definition) is 0. The molecule has 5 rings (SSSR count). The summed E-state index contributed by atoms with van der Waals surface area (Å²) in [6.07, 6.45) is 3.35. The van der Waals surface area contributed by atoms with Gasteiger partial charge >= 0.3 is 0 Å². The summed E-state index contributed by atoms with van der Waals surface area (Å²) < 4.78 is 17.1. The van der Waals surface area contributed by atoms with Crippen molar-refractivity contribution >= 4 is 16.8 Å². The number of methoxy groups -OCH3 is 1. The number of ether oxygens (including phenoxy) is 2. The average molecular weight is 400 g/mol. The molecule has 0 radical (unpaired) electrons. The van der Waals surface area contributed by atoms with Gasteiger partial charge in [0.05, 0.1) is 30.2 Å². The van der Waals surface area contributed by atoms with E-state index in [1.165, 1.54) is 6.26 Å². The highest BCUT2D eigenvalue weighted by atomic mass is 16.5. The van der Waals surface area contributed by atoms with Crippen LogP contribution in [0.2, 0.25) is 0 Å². The van der Waals surface area contributed by atoms with Crippen molar-refractivity contribution in [1.29, 1.82) is 0 Å². The minimum Gasteiger partial charge on any atom is -0.497 e. The second-order valence-electron chi connectivity index (χ2n) is 7.29. The molecule has 1 aliphatic heterocycles. The fourth-order valence-electron chi connectivity index (χ4n) is 3.67. The Balaban J connectivity index is 1.57. The third kappa shape index (κ3) is 3.06. The highest BCUT2D eigenvalue weighted by Crippen LogP contribution is 2.34. The fourth-order valence-corrected chi connectivity index (χ4v) is 3.67. The standard InChI is InChI=1S/C24H20N2O4/c1-15-3-10-22(25-11-15)26-12-19-21(30-14-26)9-8-18-23(27)20(13-29-24(18)19)16-4-6-17(28-2)7-5-16/h3-11,13H,12,14H2,1-2H3. The van der Waals surface area contributed by atoms with E-state index in [-0.39, 0.29) is 5.43 Å². The first-order valence-corrected chi connectivity index (χ1v) is 9.66. The zero-order valence-electron chi connectivity index (χ0n) is 16.7. The first-order valence-electron chi connectivity index (χ1n) is 9.66. The Bertz CT molecular complexity index is 1280. The van der Waals surface area contributed by atoms with Gasteiger partial charge in [-0.25, -0.2) is 4.98 Å². The number of fused-ring (bicyclic) bond motifs is 3. The number of nitrogens with zero attached hydrogens (tertiary/aromatic N) is 2. The van der Waals surface area contributed by atoms with E-state index in [9.17, 15) is 4.79 Å². The van der Waals surface area contributed by atoms with Gasteiger partial charge in [-0.05, 0) is 48.4 Å². The fraction of sp³-hybridized carbons (Fsp3) is 0.167. The van der Waals surface area contributed by atoms with Crippen molar-refractivity contribution in [2.75, 3.05) is 18.7 Å². The summed E-state index contributed by atoms with van der Waals surface area (Å²) in [5.41, 5.74) is 3.71. The molecule has 0 aliphatic carbocycles. The normalized spacial score (nSPS) is 13.1. The maximum atomic E-state index is 13.2. The predicted octanol–water partition coefficient (Wildman–Crippen LogP) is 4.53. The number of anilines is 1. The van der Waals surface area contributed by atoms with Crippen molar-refractivity contribution in [3.05, 3.63) is 82.3 Å². The Kier molecular flexibility index (Phi) is 4.39. The van der Waals surface area contributed by atoms with Crippen LogP contribution in [0.4, 0.5) is 5.82 Å². The molecule has 30 heavy (non-hydrogen) atoms. The van der Waals surface area contributed by atoms with Crippen LogP contribution in [0.5, 0.6) is 11.5 Å². The maximum absolute atomic E-state index is 13.2. The zero-order valence-corrected chi connectivity index (χ0v) is 16.7. The zero-order chi connectivity index (χ0) is 20.7. The molecule has 0 amide bonds. The van der Waals surface area contributed by atoms with Crippen molar-refractivity contribution in [1.82, 2.24) is 4.98 Å². The van der Waals surface area contributed by atoms with E-state index in [1.807, 2.05) is 60.5 Å². The largest absolute Gasteiger partial charge is 0.497 e. The van der Waals surface area contributed by atoms with Crippen molar-refractivity contribution < 1.29 is 13.9 Å². The van der Waals surface area contributed by atoms with E-state index >= 15 is 0 Å². The summed E-state index contributed by atoms with van der Waals surface area (Å²) in [7, 11) is 1.61. The summed E-state index contributed by atoms with van der Waals surface area (Å²) in [5.74, 6) is 2.28. The number of aromatic nitrogens is 1. The molecule has 3 heterocycles. The molecule has 6 nitrogen and oxygen atoms in total. The third-order valence-corrected chi connectivity index (χ3v) is 5.35. The van der Waals surface area contributed by atoms with Gasteiger partial charge in [0.15, 0.2) is 6.73 Å². The van der Waals surface area contributed by atoms with Crippen molar-refractivity contribution in [2.45, 2.75) is 13.5 Å². The molecular formula is C24H20N2O4. The van der Waals surface area contributed by atoms with Crippen LogP contribution in [0.1, 0.15) is 11.1 Å². The average Bonchev–Trinajstić information content (AvgIpc) is 2.79. The maximum Gasteiger partial charge on any atom is 0.200 e. The second-order valence-corrected chi connectivity index (χ2v) is 7.29. The van der Waals surface area contributed by atoms with Gasteiger partial charge in [0.25, 0.3) is 0 Å². The lowest BCUT2D eigenvalue weighted by molar-refractivity contribution is 0.288. The molecular weight excluding hydrogens is 380 g/mol. The van der Waals surface area contributed by atoms with Crippen molar-refractivity contribution in [3.63, 3.8) is 0 Å². The molecule has 2 aromatic carbocycles. The molecule has 0 unspecified atom stereocenters. The molecule has 0 spiro atoms. The first kappa shape index (κ1) is 18.2. The van der Waals surface area contributed by atoms with Gasteiger partial charge in [-0.15, -0.1) is 0 Å². The molecule has 6 heteroatoms. The summed E-state index contributed by atoms with van der Waals surface area (Å²) in [5, 5.41) is 0.532. The van der Waals surface area contributed by atoms with E-state index in [4.69, 9.17) is 13.9 Å². The monoisotopic (exact) mass is 400 g/mol. The van der Waals surface area contributed by atoms with Gasteiger partial charge in [-0.2, -0.15) is 0 Å². The Hall–Kier alpha value is -3.80. The Morgan fingerprint density at radius 3 is 2.63 bits per heavy atom. The minimum atomic E-state index is -0.0743. The first-order chi connectivity index (χ1) is 14.6. The van der Waals surface area contributed by atoms with Crippen LogP contribution in [0.25, 0.3) is 22.1 Å². The molecule has 0 bridgehead atoms. The van der Waals surface area contributed by atoms with Gasteiger partial charge in [0.2, 0.25) is 5.43 Å².